The van der Waals surface area contributed by atoms with Crippen molar-refractivity contribution in [2.75, 3.05) is 33.9 Å². The summed E-state index contributed by atoms with van der Waals surface area (Å²) in [6.45, 7) is 0.0975. The van der Waals surface area contributed by atoms with Crippen LogP contribution in [0.15, 0.2) is 48.5 Å². The first-order valence-electron chi connectivity index (χ1n) is 10.3. The zero-order valence-electron chi connectivity index (χ0n) is 18.0. The van der Waals surface area contributed by atoms with Gasteiger partial charge in [0.25, 0.3) is 0 Å². The van der Waals surface area contributed by atoms with Crippen LogP contribution < -0.4 is 0 Å². The molecule has 0 amide bonds. The predicted octanol–water partition coefficient (Wildman–Crippen LogP) is 5.09. The van der Waals surface area contributed by atoms with Gasteiger partial charge in [0.1, 0.15) is 6.10 Å². The summed E-state index contributed by atoms with van der Waals surface area (Å²) in [5, 5.41) is 9.84. The van der Waals surface area contributed by atoms with Gasteiger partial charge in [-0.2, -0.15) is 26.3 Å². The molecule has 3 rings (SSSR count). The Bertz CT molecular complexity index is 884. The number of nitrogens with zero attached hydrogens (tertiary/aromatic N) is 1. The summed E-state index contributed by atoms with van der Waals surface area (Å²) in [6.07, 6.45) is -12.4. The van der Waals surface area contributed by atoms with Crippen molar-refractivity contribution < 1.29 is 40.9 Å². The Morgan fingerprint density at radius 2 is 1.58 bits per heavy atom. The Morgan fingerprint density at radius 3 is 2.06 bits per heavy atom. The van der Waals surface area contributed by atoms with E-state index in [9.17, 15) is 31.4 Å². The summed E-state index contributed by atoms with van der Waals surface area (Å²) < 4.78 is 91.2. The van der Waals surface area contributed by atoms with Crippen LogP contribution in [-0.4, -0.2) is 50.2 Å². The average Bonchev–Trinajstić information content (AvgIpc) is 3.12. The second-order valence-electron chi connectivity index (χ2n) is 8.31. The summed E-state index contributed by atoms with van der Waals surface area (Å²) in [6, 6.07) is 10.4. The van der Waals surface area contributed by atoms with Gasteiger partial charge < -0.3 is 19.5 Å². The quantitative estimate of drug-likeness (QED) is 0.564. The maximum Gasteiger partial charge on any atom is 0.416 e. The standard InChI is InChI=1S/C23H25F6NO3/c1-30(2)11-16-13-32-21(20(16)14-6-4-3-5-7-14)33-19(12-31)15-8-17(22(24,25)26)10-18(9-15)23(27,28)29/h3-10,16,19-21,31H,11-13H2,1-2H3/t16-,19-,20+,21-/m1/s1. The number of ether oxygens (including phenoxy) is 2. The van der Waals surface area contributed by atoms with Gasteiger partial charge in [-0.15, -0.1) is 0 Å². The number of halogens is 6. The minimum atomic E-state index is -5.00. The maximum absolute atomic E-state index is 13.3. The van der Waals surface area contributed by atoms with Gasteiger partial charge in [0.05, 0.1) is 24.3 Å². The maximum atomic E-state index is 13.3. The molecule has 1 fully saturated rings. The fraction of sp³-hybridized carbons (Fsp3) is 0.478. The Morgan fingerprint density at radius 1 is 1.00 bits per heavy atom. The Hall–Kier alpha value is -2.14. The third kappa shape index (κ3) is 6.26. The predicted molar refractivity (Wildman–Crippen MR) is 108 cm³/mol. The topological polar surface area (TPSA) is 41.9 Å². The van der Waals surface area contributed by atoms with Crippen molar-refractivity contribution in [3.8, 4) is 0 Å². The molecule has 0 spiro atoms. The SMILES string of the molecule is CN(C)C[C@@H]1CO[C@H](O[C@H](CO)c2cc(C(F)(F)F)cc(C(F)(F)F)c2)[C@H]1c1ccccc1. The number of alkyl halides is 6. The van der Waals surface area contributed by atoms with Crippen LogP contribution in [0.1, 0.15) is 34.3 Å². The molecule has 0 aliphatic carbocycles. The molecule has 0 aromatic heterocycles. The van der Waals surface area contributed by atoms with Crippen molar-refractivity contribution in [3.63, 3.8) is 0 Å². The highest BCUT2D eigenvalue weighted by molar-refractivity contribution is 5.35. The number of aliphatic hydroxyl groups excluding tert-OH is 1. The molecule has 4 atom stereocenters. The molecule has 0 saturated carbocycles. The van der Waals surface area contributed by atoms with Crippen LogP contribution in [-0.2, 0) is 21.8 Å². The number of rotatable bonds is 7. The molecule has 4 nitrogen and oxygen atoms in total. The zero-order chi connectivity index (χ0) is 24.4. The summed E-state index contributed by atoms with van der Waals surface area (Å²) in [7, 11) is 3.77. The summed E-state index contributed by atoms with van der Waals surface area (Å²) in [5.41, 5.74) is -2.49. The van der Waals surface area contributed by atoms with Crippen molar-refractivity contribution in [1.82, 2.24) is 4.90 Å². The van der Waals surface area contributed by atoms with Crippen molar-refractivity contribution in [1.29, 1.82) is 0 Å². The minimum Gasteiger partial charge on any atom is -0.393 e. The number of hydrogen-bond donors (Lipinski definition) is 1. The van der Waals surface area contributed by atoms with Crippen LogP contribution in [0.4, 0.5) is 26.3 Å². The Balaban J connectivity index is 1.95. The van der Waals surface area contributed by atoms with Gasteiger partial charge in [-0.05, 0) is 43.4 Å². The third-order valence-electron chi connectivity index (χ3n) is 5.51. The Kier molecular flexibility index (Phi) is 7.73. The van der Waals surface area contributed by atoms with Gasteiger partial charge in [-0.1, -0.05) is 30.3 Å². The normalized spacial score (nSPS) is 22.7. The van der Waals surface area contributed by atoms with E-state index in [-0.39, 0.29) is 24.5 Å². The lowest BCUT2D eigenvalue weighted by atomic mass is 9.87. The Labute approximate surface area is 187 Å². The molecule has 10 heteroatoms. The van der Waals surface area contributed by atoms with E-state index in [4.69, 9.17) is 9.47 Å². The van der Waals surface area contributed by atoms with Gasteiger partial charge in [0.2, 0.25) is 0 Å². The monoisotopic (exact) mass is 477 g/mol. The van der Waals surface area contributed by atoms with E-state index in [2.05, 4.69) is 0 Å². The van der Waals surface area contributed by atoms with E-state index in [1.165, 1.54) is 0 Å². The molecule has 33 heavy (non-hydrogen) atoms. The molecule has 0 bridgehead atoms. The molecule has 2 aromatic carbocycles. The second kappa shape index (κ2) is 10.0. The smallest absolute Gasteiger partial charge is 0.393 e. The molecule has 1 N–H and O–H groups in total. The molecular weight excluding hydrogens is 452 g/mol. The fourth-order valence-corrected chi connectivity index (χ4v) is 4.07. The molecule has 1 aliphatic rings. The molecule has 0 unspecified atom stereocenters. The van der Waals surface area contributed by atoms with Gasteiger partial charge >= 0.3 is 12.4 Å². The molecule has 182 valence electrons. The molecular formula is C23H25F6NO3. The molecule has 1 heterocycles. The van der Waals surface area contributed by atoms with Crippen LogP contribution in [0, 0.1) is 5.92 Å². The van der Waals surface area contributed by atoms with E-state index in [1.54, 1.807) is 0 Å². The van der Waals surface area contributed by atoms with Crippen molar-refractivity contribution in [2.24, 2.45) is 5.92 Å². The fourth-order valence-electron chi connectivity index (χ4n) is 4.07. The lowest BCUT2D eigenvalue weighted by Gasteiger charge is -2.28. The molecule has 1 aliphatic heterocycles. The van der Waals surface area contributed by atoms with E-state index in [1.807, 2.05) is 49.3 Å². The largest absolute Gasteiger partial charge is 0.416 e. The average molecular weight is 477 g/mol. The number of aliphatic hydroxyl groups is 1. The second-order valence-corrected chi connectivity index (χ2v) is 8.31. The first kappa shape index (κ1) is 25.5. The van der Waals surface area contributed by atoms with E-state index < -0.39 is 48.0 Å². The van der Waals surface area contributed by atoms with E-state index in [0.29, 0.717) is 18.7 Å². The van der Waals surface area contributed by atoms with Crippen LogP contribution >= 0.6 is 0 Å². The first-order valence-corrected chi connectivity index (χ1v) is 10.3. The van der Waals surface area contributed by atoms with Gasteiger partial charge in [0, 0.05) is 18.4 Å². The van der Waals surface area contributed by atoms with E-state index in [0.717, 1.165) is 5.56 Å². The van der Waals surface area contributed by atoms with Crippen molar-refractivity contribution >= 4 is 0 Å². The van der Waals surface area contributed by atoms with Gasteiger partial charge in [-0.25, -0.2) is 0 Å². The number of hydrogen-bond acceptors (Lipinski definition) is 4. The van der Waals surface area contributed by atoms with Crippen molar-refractivity contribution in [3.05, 3.63) is 70.8 Å². The summed E-state index contributed by atoms with van der Waals surface area (Å²) >= 11 is 0. The lowest BCUT2D eigenvalue weighted by Crippen LogP contribution is -2.30. The highest BCUT2D eigenvalue weighted by Crippen LogP contribution is 2.41. The zero-order valence-corrected chi connectivity index (χ0v) is 18.0. The van der Waals surface area contributed by atoms with Crippen LogP contribution in [0.5, 0.6) is 0 Å². The van der Waals surface area contributed by atoms with Crippen LogP contribution in [0.2, 0.25) is 0 Å². The summed E-state index contributed by atoms with van der Waals surface area (Å²) in [5.74, 6) is -0.352. The molecule has 0 radical (unpaired) electrons. The lowest BCUT2D eigenvalue weighted by molar-refractivity contribution is -0.163. The number of benzene rings is 2. The summed E-state index contributed by atoms with van der Waals surface area (Å²) in [4.78, 5) is 1.96. The highest BCUT2D eigenvalue weighted by Gasteiger charge is 2.42. The van der Waals surface area contributed by atoms with Gasteiger partial charge in [0.15, 0.2) is 6.29 Å². The van der Waals surface area contributed by atoms with E-state index >= 15 is 0 Å². The van der Waals surface area contributed by atoms with Crippen LogP contribution in [0.25, 0.3) is 0 Å². The molecule has 1 saturated heterocycles. The third-order valence-corrected chi connectivity index (χ3v) is 5.51. The van der Waals surface area contributed by atoms with Crippen LogP contribution in [0.3, 0.4) is 0 Å². The van der Waals surface area contributed by atoms with Gasteiger partial charge in [-0.3, -0.25) is 0 Å². The molecule has 2 aromatic rings. The first-order chi connectivity index (χ1) is 15.4. The minimum absolute atomic E-state index is 0.0287. The van der Waals surface area contributed by atoms with Crippen molar-refractivity contribution in [2.45, 2.75) is 30.7 Å². The highest BCUT2D eigenvalue weighted by atomic mass is 19.4.